The first-order chi connectivity index (χ1) is 15.8. The number of fused-ring (bicyclic) bond motifs is 1. The normalized spacial score (nSPS) is 11.2. The van der Waals surface area contributed by atoms with Gasteiger partial charge in [0.05, 0.1) is 31.9 Å². The van der Waals surface area contributed by atoms with Crippen LogP contribution in [0.25, 0.3) is 23.2 Å². The lowest BCUT2D eigenvalue weighted by Crippen LogP contribution is -2.04. The van der Waals surface area contributed by atoms with Crippen molar-refractivity contribution in [3.05, 3.63) is 84.2 Å². The predicted molar refractivity (Wildman–Crippen MR) is 129 cm³/mol. The van der Waals surface area contributed by atoms with Crippen molar-refractivity contribution in [3.63, 3.8) is 0 Å². The molecule has 4 aromatic rings. The number of para-hydroxylation sites is 2. The molecule has 0 atom stereocenters. The summed E-state index contributed by atoms with van der Waals surface area (Å²) in [4.78, 5) is 4.83. The van der Waals surface area contributed by atoms with Gasteiger partial charge in [0.2, 0.25) is 0 Å². The molecule has 5 nitrogen and oxygen atoms in total. The Hall–Kier alpha value is -3.73. The molecule has 1 heterocycles. The fraction of sp³-hybridized carbons (Fsp3) is 0.222. The molecule has 32 heavy (non-hydrogen) atoms. The summed E-state index contributed by atoms with van der Waals surface area (Å²) < 4.78 is 18.6. The second kappa shape index (κ2) is 10.5. The third-order valence-corrected chi connectivity index (χ3v) is 5.31. The van der Waals surface area contributed by atoms with E-state index in [1.165, 1.54) is 0 Å². The summed E-state index contributed by atoms with van der Waals surface area (Å²) in [6.45, 7) is 1.54. The number of aryl methyl sites for hydroxylation is 1. The van der Waals surface area contributed by atoms with Crippen LogP contribution in [0.15, 0.2) is 72.8 Å². The molecule has 0 aliphatic carbocycles. The number of imidazole rings is 1. The molecule has 164 valence electrons. The smallest absolute Gasteiger partial charge is 0.133 e. The number of rotatable bonds is 10. The molecule has 0 fully saturated rings. The van der Waals surface area contributed by atoms with Crippen molar-refractivity contribution in [1.82, 2.24) is 9.55 Å². The molecule has 0 bridgehead atoms. The van der Waals surface area contributed by atoms with E-state index in [0.29, 0.717) is 6.61 Å². The van der Waals surface area contributed by atoms with Gasteiger partial charge in [0.1, 0.15) is 23.1 Å². The van der Waals surface area contributed by atoms with Crippen LogP contribution in [0.4, 0.5) is 0 Å². The minimum atomic E-state index is 0.664. The molecule has 0 saturated heterocycles. The van der Waals surface area contributed by atoms with Crippen molar-refractivity contribution in [2.75, 3.05) is 20.8 Å². The van der Waals surface area contributed by atoms with E-state index >= 15 is 0 Å². The summed E-state index contributed by atoms with van der Waals surface area (Å²) >= 11 is 0. The standard InChI is InChI=1S/C27H28N2O3/c1-30-22-15-12-21(13-16-22)14-17-27-28-25-10-3-4-11-26(25)29(27)18-5-6-19-32-24-9-7-8-23(20-24)31-2/h3-4,7-17,20H,5-6,18-19H2,1-2H3/b17-14+. The first kappa shape index (κ1) is 21.5. The minimum Gasteiger partial charge on any atom is -0.497 e. The van der Waals surface area contributed by atoms with Crippen LogP contribution in [-0.2, 0) is 6.54 Å². The highest BCUT2D eigenvalue weighted by atomic mass is 16.5. The van der Waals surface area contributed by atoms with Gasteiger partial charge in [-0.1, -0.05) is 36.4 Å². The zero-order chi connectivity index (χ0) is 22.2. The number of hydrogen-bond donors (Lipinski definition) is 0. The van der Waals surface area contributed by atoms with Crippen molar-refractivity contribution in [1.29, 1.82) is 0 Å². The van der Waals surface area contributed by atoms with Gasteiger partial charge in [-0.2, -0.15) is 0 Å². The highest BCUT2D eigenvalue weighted by Crippen LogP contribution is 2.21. The SMILES string of the molecule is COc1ccc(/C=C/c2nc3ccccc3n2CCCCOc2cccc(OC)c2)cc1. The first-order valence-electron chi connectivity index (χ1n) is 10.8. The van der Waals surface area contributed by atoms with Crippen molar-refractivity contribution in [2.45, 2.75) is 19.4 Å². The molecule has 1 aromatic heterocycles. The molecule has 0 spiro atoms. The number of nitrogens with zero attached hydrogens (tertiary/aromatic N) is 2. The Morgan fingerprint density at radius 1 is 0.781 bits per heavy atom. The molecule has 0 aliphatic rings. The van der Waals surface area contributed by atoms with E-state index in [1.54, 1.807) is 14.2 Å². The molecule has 0 radical (unpaired) electrons. The molecule has 3 aromatic carbocycles. The van der Waals surface area contributed by atoms with Gasteiger partial charge in [-0.05, 0) is 60.9 Å². The number of ether oxygens (including phenoxy) is 3. The lowest BCUT2D eigenvalue weighted by atomic mass is 10.2. The van der Waals surface area contributed by atoms with Gasteiger partial charge in [0, 0.05) is 12.6 Å². The van der Waals surface area contributed by atoms with Crippen LogP contribution in [0.5, 0.6) is 17.2 Å². The van der Waals surface area contributed by atoms with Crippen molar-refractivity contribution < 1.29 is 14.2 Å². The number of unbranched alkanes of at least 4 members (excludes halogenated alkanes) is 1. The van der Waals surface area contributed by atoms with Crippen LogP contribution in [0, 0.1) is 0 Å². The summed E-state index contributed by atoms with van der Waals surface area (Å²) in [6, 6.07) is 24.0. The zero-order valence-electron chi connectivity index (χ0n) is 18.5. The fourth-order valence-electron chi connectivity index (χ4n) is 3.60. The van der Waals surface area contributed by atoms with Gasteiger partial charge in [-0.15, -0.1) is 0 Å². The maximum Gasteiger partial charge on any atom is 0.133 e. The van der Waals surface area contributed by atoms with Crippen LogP contribution in [0.2, 0.25) is 0 Å². The molecule has 0 unspecified atom stereocenters. The van der Waals surface area contributed by atoms with E-state index in [-0.39, 0.29) is 0 Å². The third-order valence-electron chi connectivity index (χ3n) is 5.31. The number of methoxy groups -OCH3 is 2. The highest BCUT2D eigenvalue weighted by molar-refractivity contribution is 5.79. The Balaban J connectivity index is 1.41. The van der Waals surface area contributed by atoms with Gasteiger partial charge in [-0.3, -0.25) is 0 Å². The fourth-order valence-corrected chi connectivity index (χ4v) is 3.60. The minimum absolute atomic E-state index is 0.664. The van der Waals surface area contributed by atoms with Crippen LogP contribution in [-0.4, -0.2) is 30.4 Å². The van der Waals surface area contributed by atoms with Crippen molar-refractivity contribution in [3.8, 4) is 17.2 Å². The quantitative estimate of drug-likeness (QED) is 0.287. The van der Waals surface area contributed by atoms with Gasteiger partial charge in [0.15, 0.2) is 0 Å². The maximum absolute atomic E-state index is 5.88. The van der Waals surface area contributed by atoms with Gasteiger partial charge in [0.25, 0.3) is 0 Å². The second-order valence-electron chi connectivity index (χ2n) is 7.45. The number of hydrogen-bond acceptors (Lipinski definition) is 4. The molecular formula is C27H28N2O3. The largest absolute Gasteiger partial charge is 0.497 e. The number of aromatic nitrogens is 2. The molecule has 5 heteroatoms. The van der Waals surface area contributed by atoms with Crippen molar-refractivity contribution >= 4 is 23.2 Å². The van der Waals surface area contributed by atoms with E-state index in [0.717, 1.165) is 59.1 Å². The average Bonchev–Trinajstić information content (AvgIpc) is 3.20. The Bertz CT molecular complexity index is 1180. The van der Waals surface area contributed by atoms with E-state index in [1.807, 2.05) is 54.6 Å². The molecule has 0 N–H and O–H groups in total. The monoisotopic (exact) mass is 428 g/mol. The van der Waals surface area contributed by atoms with E-state index in [4.69, 9.17) is 19.2 Å². The molecule has 0 aliphatic heterocycles. The summed E-state index contributed by atoms with van der Waals surface area (Å²) in [5.41, 5.74) is 3.27. The van der Waals surface area contributed by atoms with Crippen LogP contribution in [0.1, 0.15) is 24.2 Å². The van der Waals surface area contributed by atoms with Crippen molar-refractivity contribution in [2.24, 2.45) is 0 Å². The molecule has 0 amide bonds. The van der Waals surface area contributed by atoms with Gasteiger partial charge in [-0.25, -0.2) is 4.98 Å². The third kappa shape index (κ3) is 5.30. The van der Waals surface area contributed by atoms with Crippen LogP contribution >= 0.6 is 0 Å². The van der Waals surface area contributed by atoms with Gasteiger partial charge >= 0.3 is 0 Å². The topological polar surface area (TPSA) is 45.5 Å². The maximum atomic E-state index is 5.88. The summed E-state index contributed by atoms with van der Waals surface area (Å²) in [6.07, 6.45) is 6.11. The Labute approximate surface area is 188 Å². The van der Waals surface area contributed by atoms with E-state index in [2.05, 4.69) is 34.9 Å². The Kier molecular flexibility index (Phi) is 7.08. The van der Waals surface area contributed by atoms with E-state index in [9.17, 15) is 0 Å². The Morgan fingerprint density at radius 3 is 2.38 bits per heavy atom. The summed E-state index contributed by atoms with van der Waals surface area (Å²) in [5.74, 6) is 3.45. The molecule has 4 rings (SSSR count). The second-order valence-corrected chi connectivity index (χ2v) is 7.45. The van der Waals surface area contributed by atoms with Gasteiger partial charge < -0.3 is 18.8 Å². The number of benzene rings is 3. The van der Waals surface area contributed by atoms with E-state index < -0.39 is 0 Å². The Morgan fingerprint density at radius 2 is 1.56 bits per heavy atom. The summed E-state index contributed by atoms with van der Waals surface area (Å²) in [7, 11) is 3.34. The lowest BCUT2D eigenvalue weighted by Gasteiger charge is -2.09. The highest BCUT2D eigenvalue weighted by Gasteiger charge is 2.08. The lowest BCUT2D eigenvalue weighted by molar-refractivity contribution is 0.301. The molecule has 0 saturated carbocycles. The predicted octanol–water partition coefficient (Wildman–Crippen LogP) is 6.08. The van der Waals surface area contributed by atoms with Crippen LogP contribution < -0.4 is 14.2 Å². The average molecular weight is 429 g/mol. The van der Waals surface area contributed by atoms with Crippen LogP contribution in [0.3, 0.4) is 0 Å². The summed E-state index contributed by atoms with van der Waals surface area (Å²) in [5, 5.41) is 0. The molecular weight excluding hydrogens is 400 g/mol. The zero-order valence-corrected chi connectivity index (χ0v) is 18.5. The first-order valence-corrected chi connectivity index (χ1v) is 10.8.